The molecule has 0 unspecified atom stereocenters. The first-order valence-electron chi connectivity index (χ1n) is 6.01. The second kappa shape index (κ2) is 5.10. The van der Waals surface area contributed by atoms with Gasteiger partial charge in [0.15, 0.2) is 0 Å². The van der Waals surface area contributed by atoms with Crippen LogP contribution in [0.1, 0.15) is 16.7 Å². The lowest BCUT2D eigenvalue weighted by Crippen LogP contribution is -2.38. The van der Waals surface area contributed by atoms with E-state index in [0.717, 1.165) is 15.7 Å². The van der Waals surface area contributed by atoms with Gasteiger partial charge in [0.2, 0.25) is 0 Å². The standard InChI is InChI=1S/C15H16N2O2/c1-4-12-5-7-13(8-6-12)10-17-9-11(2)14(18)16(3)15(17)19/h4-9H,1,10H2,2-3H3. The second-order valence-electron chi connectivity index (χ2n) is 4.53. The highest BCUT2D eigenvalue weighted by molar-refractivity contribution is 5.47. The van der Waals surface area contributed by atoms with Crippen LogP contribution in [0.3, 0.4) is 0 Å². The van der Waals surface area contributed by atoms with E-state index in [2.05, 4.69) is 6.58 Å². The Bertz CT molecular complexity index is 721. The summed E-state index contributed by atoms with van der Waals surface area (Å²) in [5.74, 6) is 0. The van der Waals surface area contributed by atoms with E-state index in [9.17, 15) is 9.59 Å². The van der Waals surface area contributed by atoms with Crippen molar-refractivity contribution in [2.75, 3.05) is 0 Å². The molecule has 1 aromatic carbocycles. The molecule has 0 aliphatic carbocycles. The molecule has 1 aromatic heterocycles. The molecule has 2 aromatic rings. The lowest BCUT2D eigenvalue weighted by atomic mass is 10.1. The van der Waals surface area contributed by atoms with Crippen LogP contribution in [0.4, 0.5) is 0 Å². The molecule has 0 fully saturated rings. The van der Waals surface area contributed by atoms with Crippen LogP contribution in [-0.4, -0.2) is 9.13 Å². The van der Waals surface area contributed by atoms with Gasteiger partial charge in [-0.2, -0.15) is 0 Å². The molecule has 0 aliphatic heterocycles. The van der Waals surface area contributed by atoms with Gasteiger partial charge in [-0.25, -0.2) is 4.79 Å². The third kappa shape index (κ3) is 2.57. The van der Waals surface area contributed by atoms with E-state index < -0.39 is 0 Å². The van der Waals surface area contributed by atoms with Crippen LogP contribution in [0, 0.1) is 6.92 Å². The van der Waals surface area contributed by atoms with Gasteiger partial charge in [0.1, 0.15) is 0 Å². The van der Waals surface area contributed by atoms with E-state index in [1.165, 1.54) is 7.05 Å². The normalized spacial score (nSPS) is 10.4. The van der Waals surface area contributed by atoms with Crippen LogP contribution in [0.25, 0.3) is 6.08 Å². The van der Waals surface area contributed by atoms with E-state index >= 15 is 0 Å². The van der Waals surface area contributed by atoms with Crippen LogP contribution >= 0.6 is 0 Å². The molecule has 0 bridgehead atoms. The summed E-state index contributed by atoms with van der Waals surface area (Å²) >= 11 is 0. The van der Waals surface area contributed by atoms with E-state index in [4.69, 9.17) is 0 Å². The maximum absolute atomic E-state index is 12.0. The van der Waals surface area contributed by atoms with Crippen LogP contribution in [0.5, 0.6) is 0 Å². The highest BCUT2D eigenvalue weighted by Crippen LogP contribution is 2.06. The van der Waals surface area contributed by atoms with Crippen LogP contribution in [0.15, 0.2) is 46.6 Å². The molecule has 0 radical (unpaired) electrons. The van der Waals surface area contributed by atoms with Crippen molar-refractivity contribution in [3.05, 3.63) is 74.6 Å². The number of aromatic nitrogens is 2. The Labute approximate surface area is 111 Å². The Morgan fingerprint density at radius 2 is 1.84 bits per heavy atom. The average Bonchev–Trinajstić information content (AvgIpc) is 2.43. The molecule has 0 saturated carbocycles. The summed E-state index contributed by atoms with van der Waals surface area (Å²) in [6, 6.07) is 7.79. The monoisotopic (exact) mass is 256 g/mol. The van der Waals surface area contributed by atoms with Crippen LogP contribution in [-0.2, 0) is 13.6 Å². The first-order chi connectivity index (χ1) is 9.02. The Balaban J connectivity index is 2.41. The fraction of sp³-hybridized carbons (Fsp3) is 0.200. The highest BCUT2D eigenvalue weighted by Gasteiger charge is 2.05. The maximum Gasteiger partial charge on any atom is 0.331 e. The molecule has 4 nitrogen and oxygen atoms in total. The van der Waals surface area contributed by atoms with Crippen LogP contribution < -0.4 is 11.2 Å². The van der Waals surface area contributed by atoms with Gasteiger partial charge in [0, 0.05) is 18.8 Å². The summed E-state index contributed by atoms with van der Waals surface area (Å²) in [5, 5.41) is 0. The SMILES string of the molecule is C=Cc1ccc(Cn2cc(C)c(=O)n(C)c2=O)cc1. The second-order valence-corrected chi connectivity index (χ2v) is 4.53. The lowest BCUT2D eigenvalue weighted by molar-refractivity contribution is 0.638. The molecule has 0 aliphatic rings. The Hall–Kier alpha value is -2.36. The van der Waals surface area contributed by atoms with Gasteiger partial charge in [-0.05, 0) is 18.1 Å². The third-order valence-electron chi connectivity index (χ3n) is 3.09. The molecule has 4 heteroatoms. The number of nitrogens with zero attached hydrogens (tertiary/aromatic N) is 2. The first-order valence-corrected chi connectivity index (χ1v) is 6.01. The van der Waals surface area contributed by atoms with Crippen molar-refractivity contribution in [2.45, 2.75) is 13.5 Å². The molecular weight excluding hydrogens is 240 g/mol. The number of rotatable bonds is 3. The third-order valence-corrected chi connectivity index (χ3v) is 3.09. The Morgan fingerprint density at radius 3 is 2.42 bits per heavy atom. The average molecular weight is 256 g/mol. The maximum atomic E-state index is 12.0. The van der Waals surface area contributed by atoms with Crippen molar-refractivity contribution in [1.82, 2.24) is 9.13 Å². The van der Waals surface area contributed by atoms with Gasteiger partial charge in [0.25, 0.3) is 5.56 Å². The Kier molecular flexibility index (Phi) is 3.51. The molecule has 0 N–H and O–H groups in total. The van der Waals surface area contributed by atoms with Crippen molar-refractivity contribution in [3.8, 4) is 0 Å². The fourth-order valence-corrected chi connectivity index (χ4v) is 1.96. The molecule has 2 rings (SSSR count). The minimum atomic E-state index is -0.302. The minimum absolute atomic E-state index is 0.247. The molecule has 98 valence electrons. The fourth-order valence-electron chi connectivity index (χ4n) is 1.96. The minimum Gasteiger partial charge on any atom is -0.296 e. The molecule has 1 heterocycles. The molecule has 19 heavy (non-hydrogen) atoms. The van der Waals surface area contributed by atoms with Gasteiger partial charge in [-0.15, -0.1) is 0 Å². The van der Waals surface area contributed by atoms with Gasteiger partial charge in [-0.1, -0.05) is 36.9 Å². The summed E-state index contributed by atoms with van der Waals surface area (Å²) in [6.07, 6.45) is 3.37. The largest absolute Gasteiger partial charge is 0.331 e. The molecule has 0 spiro atoms. The number of aryl methyl sites for hydroxylation is 1. The number of hydrogen-bond donors (Lipinski definition) is 0. The smallest absolute Gasteiger partial charge is 0.296 e. The summed E-state index contributed by atoms with van der Waals surface area (Å²) in [6.45, 7) is 5.86. The van der Waals surface area contributed by atoms with E-state index in [0.29, 0.717) is 12.1 Å². The summed E-state index contributed by atoms with van der Waals surface area (Å²) in [5.41, 5.74) is 2.05. The van der Waals surface area contributed by atoms with Gasteiger partial charge in [-0.3, -0.25) is 13.9 Å². The van der Waals surface area contributed by atoms with Crippen molar-refractivity contribution in [2.24, 2.45) is 7.05 Å². The van der Waals surface area contributed by atoms with Crippen molar-refractivity contribution >= 4 is 6.08 Å². The lowest BCUT2D eigenvalue weighted by Gasteiger charge is -2.09. The zero-order valence-corrected chi connectivity index (χ0v) is 11.1. The van der Waals surface area contributed by atoms with Crippen molar-refractivity contribution in [3.63, 3.8) is 0 Å². The Morgan fingerprint density at radius 1 is 1.21 bits per heavy atom. The van der Waals surface area contributed by atoms with Gasteiger partial charge in [0.05, 0.1) is 6.54 Å². The predicted molar refractivity (Wildman–Crippen MR) is 76.3 cm³/mol. The topological polar surface area (TPSA) is 44.0 Å². The molecule has 0 atom stereocenters. The van der Waals surface area contributed by atoms with E-state index in [-0.39, 0.29) is 11.2 Å². The van der Waals surface area contributed by atoms with E-state index in [1.807, 2.05) is 24.3 Å². The number of benzene rings is 1. The number of hydrogen-bond acceptors (Lipinski definition) is 2. The van der Waals surface area contributed by atoms with E-state index in [1.54, 1.807) is 23.8 Å². The predicted octanol–water partition coefficient (Wildman–Crippen LogP) is 1.55. The first kappa shape index (κ1) is 13.1. The summed E-state index contributed by atoms with van der Waals surface area (Å²) in [4.78, 5) is 23.6. The summed E-state index contributed by atoms with van der Waals surface area (Å²) in [7, 11) is 1.50. The highest BCUT2D eigenvalue weighted by atomic mass is 16.2. The van der Waals surface area contributed by atoms with Gasteiger partial charge >= 0.3 is 5.69 Å². The van der Waals surface area contributed by atoms with Crippen molar-refractivity contribution in [1.29, 1.82) is 0 Å². The quantitative estimate of drug-likeness (QED) is 0.836. The molecule has 0 amide bonds. The van der Waals surface area contributed by atoms with Gasteiger partial charge < -0.3 is 0 Å². The van der Waals surface area contributed by atoms with Crippen LogP contribution in [0.2, 0.25) is 0 Å². The zero-order valence-electron chi connectivity index (χ0n) is 11.1. The summed E-state index contributed by atoms with van der Waals surface area (Å²) < 4.78 is 2.67. The molecular formula is C15H16N2O2. The van der Waals surface area contributed by atoms with Crippen molar-refractivity contribution < 1.29 is 0 Å². The molecule has 0 saturated heterocycles. The zero-order chi connectivity index (χ0) is 14.0.